The van der Waals surface area contributed by atoms with Gasteiger partial charge in [-0.2, -0.15) is 0 Å². The highest BCUT2D eigenvalue weighted by Crippen LogP contribution is 2.47. The van der Waals surface area contributed by atoms with Crippen molar-refractivity contribution in [3.63, 3.8) is 0 Å². The number of ether oxygens (including phenoxy) is 1. The average Bonchev–Trinajstić information content (AvgIpc) is 2.89. The first-order valence-corrected chi connectivity index (χ1v) is 8.47. The minimum Gasteiger partial charge on any atom is -0.381 e. The van der Waals surface area contributed by atoms with Crippen LogP contribution in [0.4, 0.5) is 4.39 Å². The summed E-state index contributed by atoms with van der Waals surface area (Å²) in [6.07, 6.45) is 4.39. The Labute approximate surface area is 155 Å². The molecule has 2 aliphatic heterocycles. The van der Waals surface area contributed by atoms with Crippen LogP contribution in [0.3, 0.4) is 0 Å². The molecule has 1 aromatic carbocycles. The molecular weight excluding hydrogens is 349 g/mol. The highest BCUT2D eigenvalue weighted by molar-refractivity contribution is 5.92. The number of halogens is 1. The fraction of sp³-hybridized carbons (Fsp3) is 0.300. The number of hydrogen-bond donors (Lipinski definition) is 2. The number of nitrogens with two attached hydrogens (primary N) is 1. The number of imidazole rings is 1. The number of aromatic nitrogens is 2. The van der Waals surface area contributed by atoms with Gasteiger partial charge in [0.05, 0.1) is 18.2 Å². The summed E-state index contributed by atoms with van der Waals surface area (Å²) in [6.45, 7) is 1.50. The lowest BCUT2D eigenvalue weighted by Crippen LogP contribution is -2.27. The first kappa shape index (κ1) is 17.5. The van der Waals surface area contributed by atoms with Crippen LogP contribution in [0, 0.1) is 17.7 Å². The summed E-state index contributed by atoms with van der Waals surface area (Å²) < 4.78 is 21.4. The highest BCUT2D eigenvalue weighted by Gasteiger charge is 2.33. The Morgan fingerprint density at radius 1 is 1.52 bits per heavy atom. The fourth-order valence-corrected chi connectivity index (χ4v) is 3.41. The number of nitrogens with zero attached hydrogens (tertiary/aromatic N) is 2. The Kier molecular flexibility index (Phi) is 3.91. The second-order valence-electron chi connectivity index (χ2n) is 7.02. The second-order valence-corrected chi connectivity index (χ2v) is 7.02. The number of methoxy groups -OCH3 is 1. The standard InChI is InChI=1S/C20H18FN3O3/c1-20(26,10-27-2)4-3-11-7-15-14(8-16(11)21)12-5-13(6-12)24-9-17(18(22)25)23-19(15)24/h5,7-9,13,26H,6,10H2,1-2H3,(H2,22,25). The van der Waals surface area contributed by atoms with E-state index in [1.54, 1.807) is 12.3 Å². The number of carbonyl (C=O) groups excluding carboxylic acids is 1. The van der Waals surface area contributed by atoms with Crippen molar-refractivity contribution in [1.82, 2.24) is 9.55 Å². The van der Waals surface area contributed by atoms with Crippen LogP contribution in [0.1, 0.15) is 41.0 Å². The Balaban J connectivity index is 1.85. The van der Waals surface area contributed by atoms with Gasteiger partial charge < -0.3 is 20.1 Å². The SMILES string of the molecule is COCC(C)(O)C#Cc1cc2c(cc1F)C1=CC(C1)n1cc(C(N)=O)nc1-2. The zero-order chi connectivity index (χ0) is 19.3. The van der Waals surface area contributed by atoms with Crippen LogP contribution < -0.4 is 5.73 Å². The Morgan fingerprint density at radius 3 is 2.93 bits per heavy atom. The van der Waals surface area contributed by atoms with Crippen LogP contribution in [0.5, 0.6) is 0 Å². The van der Waals surface area contributed by atoms with Crippen LogP contribution in [0.25, 0.3) is 17.0 Å². The van der Waals surface area contributed by atoms with E-state index in [0.29, 0.717) is 11.4 Å². The molecule has 2 aromatic rings. The van der Waals surface area contributed by atoms with Crippen LogP contribution in [0.15, 0.2) is 24.4 Å². The molecule has 1 aromatic heterocycles. The van der Waals surface area contributed by atoms with E-state index in [2.05, 4.69) is 16.8 Å². The third kappa shape index (κ3) is 2.93. The van der Waals surface area contributed by atoms with Crippen molar-refractivity contribution in [3.05, 3.63) is 47.0 Å². The molecule has 0 spiro atoms. The molecule has 3 N–H and O–H groups in total. The molecule has 6 nitrogen and oxygen atoms in total. The normalized spacial score (nSPS) is 18.7. The molecule has 2 unspecified atom stereocenters. The zero-order valence-corrected chi connectivity index (χ0v) is 14.9. The van der Waals surface area contributed by atoms with Crippen LogP contribution in [-0.2, 0) is 4.74 Å². The molecule has 5 rings (SSSR count). The summed E-state index contributed by atoms with van der Waals surface area (Å²) >= 11 is 0. The Morgan fingerprint density at radius 2 is 2.26 bits per heavy atom. The number of carbonyl (C=O) groups is 1. The van der Waals surface area contributed by atoms with Gasteiger partial charge in [0.1, 0.15) is 22.9 Å². The largest absolute Gasteiger partial charge is 0.381 e. The van der Waals surface area contributed by atoms with Crippen molar-refractivity contribution >= 4 is 11.5 Å². The number of benzene rings is 1. The Bertz CT molecular complexity index is 1060. The quantitative estimate of drug-likeness (QED) is 0.811. The lowest BCUT2D eigenvalue weighted by atomic mass is 9.86. The first-order valence-electron chi connectivity index (χ1n) is 8.47. The highest BCUT2D eigenvalue weighted by atomic mass is 19.1. The fourth-order valence-electron chi connectivity index (χ4n) is 3.41. The van der Waals surface area contributed by atoms with E-state index < -0.39 is 17.3 Å². The molecule has 27 heavy (non-hydrogen) atoms. The monoisotopic (exact) mass is 367 g/mol. The summed E-state index contributed by atoms with van der Waals surface area (Å²) in [6, 6.07) is 3.11. The third-order valence-corrected chi connectivity index (χ3v) is 4.75. The first-order chi connectivity index (χ1) is 12.8. The van der Waals surface area contributed by atoms with Gasteiger partial charge in [-0.15, -0.1) is 0 Å². The maximum absolute atomic E-state index is 14.6. The van der Waals surface area contributed by atoms with E-state index in [0.717, 1.165) is 17.6 Å². The molecule has 0 saturated carbocycles. The van der Waals surface area contributed by atoms with Crippen LogP contribution >= 0.6 is 0 Å². The van der Waals surface area contributed by atoms with E-state index >= 15 is 0 Å². The lowest BCUT2D eigenvalue weighted by molar-refractivity contribution is 0.0274. The van der Waals surface area contributed by atoms with Gasteiger partial charge in [0.15, 0.2) is 0 Å². The summed E-state index contributed by atoms with van der Waals surface area (Å²) in [5, 5.41) is 10.1. The van der Waals surface area contributed by atoms with Crippen LogP contribution in [-0.4, -0.2) is 39.9 Å². The molecule has 0 radical (unpaired) electrons. The van der Waals surface area contributed by atoms with Crippen molar-refractivity contribution in [2.45, 2.75) is 25.0 Å². The molecular formula is C20H18FN3O3. The molecule has 138 valence electrons. The smallest absolute Gasteiger partial charge is 0.268 e. The van der Waals surface area contributed by atoms with E-state index in [4.69, 9.17) is 10.5 Å². The molecule has 1 amide bonds. The van der Waals surface area contributed by atoms with Gasteiger partial charge in [-0.3, -0.25) is 4.79 Å². The van der Waals surface area contributed by atoms with Gasteiger partial charge in [-0.25, -0.2) is 9.37 Å². The van der Waals surface area contributed by atoms with Crippen molar-refractivity contribution < 1.29 is 19.0 Å². The zero-order valence-electron chi connectivity index (χ0n) is 14.9. The van der Waals surface area contributed by atoms with Gasteiger partial charge in [-0.05, 0) is 36.6 Å². The lowest BCUT2D eigenvalue weighted by Gasteiger charge is -2.24. The minimum absolute atomic E-state index is 0.00744. The molecule has 1 aliphatic carbocycles. The maximum Gasteiger partial charge on any atom is 0.268 e. The van der Waals surface area contributed by atoms with Gasteiger partial charge in [0, 0.05) is 18.9 Å². The number of allylic oxidation sites excluding steroid dienone is 2. The van der Waals surface area contributed by atoms with Gasteiger partial charge in [0.25, 0.3) is 5.91 Å². The van der Waals surface area contributed by atoms with Crippen molar-refractivity contribution in [1.29, 1.82) is 0 Å². The van der Waals surface area contributed by atoms with Gasteiger partial charge >= 0.3 is 0 Å². The van der Waals surface area contributed by atoms with E-state index in [9.17, 15) is 14.3 Å². The molecule has 0 saturated heterocycles. The molecule has 3 aliphatic rings. The molecule has 2 atom stereocenters. The van der Waals surface area contributed by atoms with E-state index in [-0.39, 0.29) is 23.9 Å². The number of hydrogen-bond acceptors (Lipinski definition) is 4. The molecule has 0 fully saturated rings. The predicted octanol–water partition coefficient (Wildman–Crippen LogP) is 1.88. The third-order valence-electron chi connectivity index (χ3n) is 4.75. The van der Waals surface area contributed by atoms with E-state index in [1.165, 1.54) is 20.1 Å². The number of primary amides is 1. The van der Waals surface area contributed by atoms with Gasteiger partial charge in [0.2, 0.25) is 0 Å². The summed E-state index contributed by atoms with van der Waals surface area (Å²) in [5.41, 5.74) is 6.73. The number of rotatable bonds is 3. The maximum atomic E-state index is 14.6. The number of amides is 1. The number of aliphatic hydroxyl groups is 1. The van der Waals surface area contributed by atoms with Crippen molar-refractivity contribution in [2.24, 2.45) is 5.73 Å². The van der Waals surface area contributed by atoms with Crippen molar-refractivity contribution in [2.75, 3.05) is 13.7 Å². The van der Waals surface area contributed by atoms with Crippen molar-refractivity contribution in [3.8, 4) is 23.2 Å². The molecule has 7 heteroatoms. The summed E-state index contributed by atoms with van der Waals surface area (Å²) in [4.78, 5) is 15.9. The topological polar surface area (TPSA) is 90.4 Å². The van der Waals surface area contributed by atoms with E-state index in [1.807, 2.05) is 10.6 Å². The second kappa shape index (κ2) is 6.05. The average molecular weight is 367 g/mol. The summed E-state index contributed by atoms with van der Waals surface area (Å²) in [5.74, 6) is 4.79. The van der Waals surface area contributed by atoms with Gasteiger partial charge in [-0.1, -0.05) is 17.9 Å². The predicted molar refractivity (Wildman–Crippen MR) is 97.1 cm³/mol. The summed E-state index contributed by atoms with van der Waals surface area (Å²) in [7, 11) is 1.45. The minimum atomic E-state index is -1.39. The molecule has 2 bridgehead atoms. The van der Waals surface area contributed by atoms with Crippen LogP contribution in [0.2, 0.25) is 0 Å². The molecule has 3 heterocycles. The Hall–Kier alpha value is -2.95.